The second kappa shape index (κ2) is 6.02. The van der Waals surface area contributed by atoms with Crippen LogP contribution in [0, 0.1) is 5.92 Å². The van der Waals surface area contributed by atoms with E-state index in [9.17, 15) is 0 Å². The van der Waals surface area contributed by atoms with E-state index in [1.165, 1.54) is 38.8 Å². The fourth-order valence-corrected chi connectivity index (χ4v) is 2.59. The summed E-state index contributed by atoms with van der Waals surface area (Å²) >= 11 is 0. The summed E-state index contributed by atoms with van der Waals surface area (Å²) in [4.78, 5) is 2.69. The molecule has 0 bridgehead atoms. The molecule has 0 spiro atoms. The van der Waals surface area contributed by atoms with E-state index in [2.05, 4.69) is 32.6 Å². The van der Waals surface area contributed by atoms with Crippen molar-refractivity contribution in [2.75, 3.05) is 13.1 Å². The minimum atomic E-state index is -0.0200. The molecule has 0 radical (unpaired) electrons. The van der Waals surface area contributed by atoms with E-state index in [0.29, 0.717) is 0 Å². The van der Waals surface area contributed by atoms with Crippen LogP contribution in [0.5, 0.6) is 0 Å². The second-order valence-corrected chi connectivity index (χ2v) is 6.57. The Morgan fingerprint density at radius 1 is 1.25 bits per heavy atom. The number of rotatable bonds is 6. The lowest BCUT2D eigenvalue weighted by molar-refractivity contribution is 0.164. The Labute approximate surface area is 102 Å². The third-order valence-electron chi connectivity index (χ3n) is 3.48. The SMILES string of the molecule is CC(C)CN(CCC(C)(C)N)C1CCCC1. The van der Waals surface area contributed by atoms with Crippen molar-refractivity contribution in [3.05, 3.63) is 0 Å². The third kappa shape index (κ3) is 5.31. The Morgan fingerprint density at radius 2 is 1.81 bits per heavy atom. The monoisotopic (exact) mass is 226 g/mol. The van der Waals surface area contributed by atoms with E-state index in [1.807, 2.05) is 0 Å². The van der Waals surface area contributed by atoms with Crippen molar-refractivity contribution >= 4 is 0 Å². The molecule has 0 aromatic carbocycles. The molecule has 2 nitrogen and oxygen atoms in total. The van der Waals surface area contributed by atoms with Gasteiger partial charge in [-0.3, -0.25) is 0 Å². The summed E-state index contributed by atoms with van der Waals surface area (Å²) in [6.45, 7) is 11.3. The summed E-state index contributed by atoms with van der Waals surface area (Å²) in [5.41, 5.74) is 6.07. The lowest BCUT2D eigenvalue weighted by Crippen LogP contribution is -2.42. The molecule has 1 fully saturated rings. The molecule has 16 heavy (non-hydrogen) atoms. The predicted molar refractivity (Wildman–Crippen MR) is 71.6 cm³/mol. The molecule has 1 saturated carbocycles. The first-order chi connectivity index (χ1) is 7.38. The van der Waals surface area contributed by atoms with E-state index in [0.717, 1.165) is 18.4 Å². The summed E-state index contributed by atoms with van der Waals surface area (Å²) < 4.78 is 0. The van der Waals surface area contributed by atoms with Crippen molar-refractivity contribution in [3.63, 3.8) is 0 Å². The van der Waals surface area contributed by atoms with Crippen molar-refractivity contribution in [1.82, 2.24) is 4.90 Å². The Morgan fingerprint density at radius 3 is 2.25 bits per heavy atom. The third-order valence-corrected chi connectivity index (χ3v) is 3.48. The summed E-state index contributed by atoms with van der Waals surface area (Å²) in [5, 5.41) is 0. The standard InChI is InChI=1S/C14H30N2/c1-12(2)11-16(10-9-14(3,4)15)13-7-5-6-8-13/h12-13H,5-11,15H2,1-4H3. The van der Waals surface area contributed by atoms with Gasteiger partial charge < -0.3 is 10.6 Å². The fraction of sp³-hybridized carbons (Fsp3) is 1.00. The summed E-state index contributed by atoms with van der Waals surface area (Å²) in [5.74, 6) is 0.765. The van der Waals surface area contributed by atoms with Crippen LogP contribution in [0.2, 0.25) is 0 Å². The number of hydrogen-bond acceptors (Lipinski definition) is 2. The van der Waals surface area contributed by atoms with Crippen LogP contribution < -0.4 is 5.73 Å². The van der Waals surface area contributed by atoms with Gasteiger partial charge in [-0.1, -0.05) is 26.7 Å². The Balaban J connectivity index is 2.43. The topological polar surface area (TPSA) is 29.3 Å². The second-order valence-electron chi connectivity index (χ2n) is 6.57. The highest BCUT2D eigenvalue weighted by Gasteiger charge is 2.24. The minimum Gasteiger partial charge on any atom is -0.326 e. The maximum atomic E-state index is 6.09. The number of nitrogens with zero attached hydrogens (tertiary/aromatic N) is 1. The van der Waals surface area contributed by atoms with Crippen LogP contribution in [0.3, 0.4) is 0 Å². The molecule has 1 rings (SSSR count). The summed E-state index contributed by atoms with van der Waals surface area (Å²) in [6.07, 6.45) is 6.75. The Hall–Kier alpha value is -0.0800. The highest BCUT2D eigenvalue weighted by Crippen LogP contribution is 2.25. The molecule has 0 atom stereocenters. The maximum Gasteiger partial charge on any atom is 0.0109 e. The van der Waals surface area contributed by atoms with E-state index < -0.39 is 0 Å². The number of nitrogens with two attached hydrogens (primary N) is 1. The van der Waals surface area contributed by atoms with Gasteiger partial charge in [0, 0.05) is 24.7 Å². The Kier molecular flexibility index (Phi) is 5.26. The Bertz CT molecular complexity index is 187. The zero-order valence-corrected chi connectivity index (χ0v) is 11.6. The average Bonchev–Trinajstić information content (AvgIpc) is 2.62. The van der Waals surface area contributed by atoms with Crippen molar-refractivity contribution in [1.29, 1.82) is 0 Å². The van der Waals surface area contributed by atoms with E-state index in [-0.39, 0.29) is 5.54 Å². The molecule has 2 N–H and O–H groups in total. The molecule has 0 aromatic rings. The van der Waals surface area contributed by atoms with Gasteiger partial charge in [0.25, 0.3) is 0 Å². The first-order valence-corrected chi connectivity index (χ1v) is 6.91. The quantitative estimate of drug-likeness (QED) is 0.754. The van der Waals surface area contributed by atoms with Gasteiger partial charge in [0.05, 0.1) is 0 Å². The molecule has 0 amide bonds. The highest BCUT2D eigenvalue weighted by molar-refractivity contribution is 4.81. The molecule has 0 aromatic heterocycles. The van der Waals surface area contributed by atoms with Crippen molar-refractivity contribution in [2.45, 2.75) is 71.4 Å². The molecule has 0 unspecified atom stereocenters. The first kappa shape index (κ1) is 14.0. The molecule has 1 aliphatic carbocycles. The lowest BCUT2D eigenvalue weighted by atomic mass is 10.0. The van der Waals surface area contributed by atoms with Gasteiger partial charge in [-0.2, -0.15) is 0 Å². The lowest BCUT2D eigenvalue weighted by Gasteiger charge is -2.32. The van der Waals surface area contributed by atoms with Crippen LogP contribution in [-0.2, 0) is 0 Å². The van der Waals surface area contributed by atoms with Gasteiger partial charge in [0.1, 0.15) is 0 Å². The fourth-order valence-electron chi connectivity index (χ4n) is 2.59. The minimum absolute atomic E-state index is 0.0200. The summed E-state index contributed by atoms with van der Waals surface area (Å²) in [6, 6.07) is 0.838. The average molecular weight is 226 g/mol. The van der Waals surface area contributed by atoms with Gasteiger partial charge in [0.2, 0.25) is 0 Å². The predicted octanol–water partition coefficient (Wildman–Crippen LogP) is 3.01. The van der Waals surface area contributed by atoms with Crippen molar-refractivity contribution in [3.8, 4) is 0 Å². The molecule has 1 aliphatic rings. The molecule has 0 saturated heterocycles. The van der Waals surface area contributed by atoms with Gasteiger partial charge in [-0.15, -0.1) is 0 Å². The van der Waals surface area contributed by atoms with Crippen LogP contribution in [0.4, 0.5) is 0 Å². The van der Waals surface area contributed by atoms with Gasteiger partial charge in [0.15, 0.2) is 0 Å². The van der Waals surface area contributed by atoms with Crippen LogP contribution in [-0.4, -0.2) is 29.6 Å². The van der Waals surface area contributed by atoms with E-state index in [4.69, 9.17) is 5.73 Å². The van der Waals surface area contributed by atoms with Crippen LogP contribution >= 0.6 is 0 Å². The van der Waals surface area contributed by atoms with Crippen molar-refractivity contribution in [2.24, 2.45) is 11.7 Å². The zero-order chi connectivity index (χ0) is 12.2. The first-order valence-electron chi connectivity index (χ1n) is 6.91. The molecule has 2 heteroatoms. The van der Waals surface area contributed by atoms with E-state index >= 15 is 0 Å². The maximum absolute atomic E-state index is 6.09. The molecular formula is C14H30N2. The van der Waals surface area contributed by atoms with Crippen LogP contribution in [0.25, 0.3) is 0 Å². The zero-order valence-electron chi connectivity index (χ0n) is 11.6. The van der Waals surface area contributed by atoms with E-state index in [1.54, 1.807) is 0 Å². The molecular weight excluding hydrogens is 196 g/mol. The van der Waals surface area contributed by atoms with Crippen molar-refractivity contribution < 1.29 is 0 Å². The molecule has 0 heterocycles. The summed E-state index contributed by atoms with van der Waals surface area (Å²) in [7, 11) is 0. The molecule has 96 valence electrons. The van der Waals surface area contributed by atoms with Gasteiger partial charge in [-0.05, 0) is 39.0 Å². The van der Waals surface area contributed by atoms with Gasteiger partial charge >= 0.3 is 0 Å². The normalized spacial score (nSPS) is 18.9. The number of hydrogen-bond donors (Lipinski definition) is 1. The largest absolute Gasteiger partial charge is 0.326 e. The van der Waals surface area contributed by atoms with Crippen LogP contribution in [0.15, 0.2) is 0 Å². The van der Waals surface area contributed by atoms with Gasteiger partial charge in [-0.25, -0.2) is 0 Å². The highest BCUT2D eigenvalue weighted by atomic mass is 15.2. The van der Waals surface area contributed by atoms with Crippen LogP contribution in [0.1, 0.15) is 59.8 Å². The smallest absolute Gasteiger partial charge is 0.0109 e. The molecule has 0 aliphatic heterocycles.